The topological polar surface area (TPSA) is 225 Å². The van der Waals surface area contributed by atoms with Crippen LogP contribution < -0.4 is 38.4 Å². The fourth-order valence-corrected chi connectivity index (χ4v) is 6.54. The summed E-state index contributed by atoms with van der Waals surface area (Å²) >= 11 is 21.2. The van der Waals surface area contributed by atoms with E-state index in [1.807, 2.05) is 0 Å². The van der Waals surface area contributed by atoms with E-state index in [4.69, 9.17) is 46.4 Å². The third-order valence-corrected chi connectivity index (χ3v) is 13.0. The van der Waals surface area contributed by atoms with Crippen molar-refractivity contribution in [1.29, 1.82) is 0 Å². The quantitative estimate of drug-likeness (QED) is 0.201. The Morgan fingerprint density at radius 3 is 1.03 bits per heavy atom. The van der Waals surface area contributed by atoms with Gasteiger partial charge in [-0.15, -0.1) is 23.2 Å². The van der Waals surface area contributed by atoms with E-state index in [9.17, 15) is 47.6 Å². The molecule has 0 radical (unpaired) electrons. The number of rotatable bonds is 8. The van der Waals surface area contributed by atoms with Crippen molar-refractivity contribution in [3.05, 3.63) is 58.6 Å². The predicted molar refractivity (Wildman–Crippen MR) is 131 cm³/mol. The Morgan fingerprint density at radius 1 is 0.568 bits per heavy atom. The van der Waals surface area contributed by atoms with Crippen LogP contribution in [-0.4, -0.2) is 123 Å². The molecule has 0 aliphatic heterocycles. The molecule has 2 rings (SSSR count). The van der Waals surface area contributed by atoms with Crippen LogP contribution in [0, 0.1) is 0 Å². The van der Waals surface area contributed by atoms with Gasteiger partial charge in [0.2, 0.25) is 15.2 Å². The fraction of sp³-hybridized carbons (Fsp3) is 0.143. The molecule has 4 unspecified atom stereocenters. The molecule has 0 bridgehead atoms. The predicted octanol–water partition coefficient (Wildman–Crippen LogP) is 0.274. The maximum atomic E-state index is 11.3. The third kappa shape index (κ3) is 15.8. The third-order valence-electron chi connectivity index (χ3n) is 3.17. The van der Waals surface area contributed by atoms with Gasteiger partial charge < -0.3 is 47.5 Å². The number of halogens is 4. The minimum Gasteiger partial charge on any atom is -0.809 e. The van der Waals surface area contributed by atoms with Crippen LogP contribution in [-0.2, 0) is 18.3 Å². The Hall–Kier alpha value is 3.66. The van der Waals surface area contributed by atoms with E-state index >= 15 is 0 Å². The summed E-state index contributed by atoms with van der Waals surface area (Å²) in [7, 11) is -21.2. The second-order valence-electron chi connectivity index (χ2n) is 5.82. The number of benzene rings is 2. The van der Waals surface area contributed by atoms with Gasteiger partial charge in [0, 0.05) is 0 Å². The molecule has 2 aromatic rings. The summed E-state index contributed by atoms with van der Waals surface area (Å²) in [4.78, 5) is 59.4. The molecule has 2 aromatic carbocycles. The SMILES string of the molecule is O=P([O-])([O-])C(Cl)P(=O)([O-])Oc1ccccc1Cl.O=P([O-])([O-])C(Cl)P(=O)([O-])Oc1ccccc1Cl.[Ca+2].[Ca+2].[Ca+2]. The van der Waals surface area contributed by atoms with E-state index in [2.05, 4.69) is 9.05 Å². The molecule has 0 aliphatic carbocycles. The van der Waals surface area contributed by atoms with Gasteiger partial charge in [0.25, 0.3) is 0 Å². The van der Waals surface area contributed by atoms with Gasteiger partial charge in [-0.1, -0.05) is 47.5 Å². The summed E-state index contributed by atoms with van der Waals surface area (Å²) in [5.74, 6) is -0.599. The molecule has 0 saturated carbocycles. The fourth-order valence-electron chi connectivity index (χ4n) is 1.75. The van der Waals surface area contributed by atoms with Crippen molar-refractivity contribution in [2.45, 2.75) is 9.72 Å². The molecule has 0 aromatic heterocycles. The first-order valence-electron chi connectivity index (χ1n) is 8.10. The van der Waals surface area contributed by atoms with Gasteiger partial charge in [-0.25, -0.2) is 0 Å². The zero-order chi connectivity index (χ0) is 26.5. The summed E-state index contributed by atoms with van der Waals surface area (Å²) in [6, 6.07) is 10.9. The van der Waals surface area contributed by atoms with Crippen LogP contribution in [0.3, 0.4) is 0 Å². The van der Waals surface area contributed by atoms with Crippen LogP contribution in [0.1, 0.15) is 0 Å². The zero-order valence-electron chi connectivity index (χ0n) is 18.1. The van der Waals surface area contributed by atoms with Crippen molar-refractivity contribution >= 4 is 190 Å². The van der Waals surface area contributed by atoms with Gasteiger partial charge in [-0.2, -0.15) is 0 Å². The molecule has 23 heteroatoms. The summed E-state index contributed by atoms with van der Waals surface area (Å²) < 4.78 is 52.5. The van der Waals surface area contributed by atoms with Crippen molar-refractivity contribution in [1.82, 2.24) is 0 Å². The van der Waals surface area contributed by atoms with E-state index in [0.29, 0.717) is 0 Å². The molecule has 0 aliphatic rings. The van der Waals surface area contributed by atoms with Gasteiger partial charge in [0.05, 0.1) is 10.0 Å². The van der Waals surface area contributed by atoms with E-state index in [0.717, 1.165) is 0 Å². The average molecular weight is 756 g/mol. The first-order chi connectivity index (χ1) is 15.3. The molecule has 0 spiro atoms. The van der Waals surface area contributed by atoms with E-state index < -0.39 is 40.1 Å². The largest absolute Gasteiger partial charge is 2.00 e. The zero-order valence-corrected chi connectivity index (χ0v) is 31.3. The summed E-state index contributed by atoms with van der Waals surface area (Å²) in [5.41, 5.74) is 0. The Labute approximate surface area is 321 Å². The first kappa shape index (κ1) is 45.1. The molecule has 0 heterocycles. The maximum Gasteiger partial charge on any atom is 2.00 e. The minimum absolute atomic E-state index is 0. The van der Waals surface area contributed by atoms with Crippen LogP contribution in [0.15, 0.2) is 48.5 Å². The number of hydrogen-bond donors (Lipinski definition) is 0. The molecule has 0 N–H and O–H groups in total. The molecule has 37 heavy (non-hydrogen) atoms. The van der Waals surface area contributed by atoms with Crippen LogP contribution in [0.2, 0.25) is 10.0 Å². The van der Waals surface area contributed by atoms with Crippen LogP contribution in [0.4, 0.5) is 0 Å². The molecular weight excluding hydrogens is 746 g/mol. The van der Waals surface area contributed by atoms with Crippen molar-refractivity contribution in [2.24, 2.45) is 0 Å². The molecular formula is C14H10Ca3Cl4O12P4. The summed E-state index contributed by atoms with van der Waals surface area (Å²) in [5, 5.41) is -0.113. The van der Waals surface area contributed by atoms with Crippen molar-refractivity contribution in [3.63, 3.8) is 0 Å². The average Bonchev–Trinajstić information content (AvgIpc) is 2.69. The number of para-hydroxylation sites is 2. The second kappa shape index (κ2) is 19.1. The van der Waals surface area contributed by atoms with Gasteiger partial charge in [-0.3, -0.25) is 9.13 Å². The molecule has 12 nitrogen and oxygen atoms in total. The Balaban J connectivity index is -0.000000578. The van der Waals surface area contributed by atoms with Crippen molar-refractivity contribution in [2.75, 3.05) is 0 Å². The summed E-state index contributed by atoms with van der Waals surface area (Å²) in [6.45, 7) is 0. The monoisotopic (exact) mass is 754 g/mol. The van der Waals surface area contributed by atoms with Crippen LogP contribution in [0.25, 0.3) is 0 Å². The molecule has 192 valence electrons. The number of alkyl halides is 2. The molecule has 0 saturated heterocycles. The van der Waals surface area contributed by atoms with Gasteiger partial charge in [0.15, 0.2) is 0 Å². The first-order valence-corrected chi connectivity index (χ1v) is 16.2. The second-order valence-corrected chi connectivity index (χ2v) is 16.3. The Bertz CT molecular complexity index is 1110. The normalized spacial score (nSPS) is 15.8. The Kier molecular flexibility index (Phi) is 23.3. The number of hydrogen-bond acceptors (Lipinski definition) is 12. The van der Waals surface area contributed by atoms with Crippen LogP contribution in [0.5, 0.6) is 11.5 Å². The van der Waals surface area contributed by atoms with Crippen molar-refractivity contribution in [3.8, 4) is 11.5 Å². The minimum atomic E-state index is -5.51. The van der Waals surface area contributed by atoms with Gasteiger partial charge in [0.1, 0.15) is 21.2 Å². The maximum absolute atomic E-state index is 11.3. The van der Waals surface area contributed by atoms with Crippen LogP contribution >= 0.6 is 76.8 Å². The standard InChI is InChI=1S/2C7H8Cl2O6P2.3Ca/c2*8-5-3-1-2-4-6(5)15-17(13,14)7(9)16(10,11)12;;;/h2*1-4,7H,(H,13,14)(H2,10,11,12);;;/q;;3*+2/p-6. The van der Waals surface area contributed by atoms with E-state index in [-0.39, 0.29) is 135 Å². The molecule has 0 fully saturated rings. The molecule has 0 amide bonds. The van der Waals surface area contributed by atoms with Gasteiger partial charge >= 0.3 is 113 Å². The molecule has 4 atom stereocenters. The smallest absolute Gasteiger partial charge is 0.809 e. The van der Waals surface area contributed by atoms with E-state index in [1.165, 1.54) is 48.5 Å². The van der Waals surface area contributed by atoms with Crippen molar-refractivity contribution < 1.29 is 56.7 Å². The van der Waals surface area contributed by atoms with E-state index in [1.54, 1.807) is 0 Å². The summed E-state index contributed by atoms with van der Waals surface area (Å²) in [6.07, 6.45) is 0. The Morgan fingerprint density at radius 2 is 0.811 bits per heavy atom. The van der Waals surface area contributed by atoms with Gasteiger partial charge in [-0.05, 0) is 39.5 Å².